The summed E-state index contributed by atoms with van der Waals surface area (Å²) in [6, 6.07) is 0. The summed E-state index contributed by atoms with van der Waals surface area (Å²) in [6.07, 6.45) is 1.49. The Kier molecular flexibility index (Phi) is 4.59. The third-order valence-corrected chi connectivity index (χ3v) is 0.648. The van der Waals surface area contributed by atoms with Crippen LogP contribution in [-0.4, -0.2) is 19.6 Å². The molecule has 0 saturated carbocycles. The lowest BCUT2D eigenvalue weighted by Gasteiger charge is -1.98. The lowest BCUT2D eigenvalue weighted by Crippen LogP contribution is -2.00. The van der Waals surface area contributed by atoms with E-state index in [2.05, 4.69) is 16.6 Å². The maximum absolute atomic E-state index is 4.94. The molecule has 0 fully saturated rings. The van der Waals surface area contributed by atoms with Gasteiger partial charge in [-0.1, -0.05) is 6.58 Å². The molecule has 0 saturated heterocycles. The SMILES string of the molecule is C=CC(=NOC)OCC. The molecule has 9 heavy (non-hydrogen) atoms. The van der Waals surface area contributed by atoms with E-state index in [0.717, 1.165) is 0 Å². The van der Waals surface area contributed by atoms with Crippen molar-refractivity contribution in [2.75, 3.05) is 13.7 Å². The fourth-order valence-corrected chi connectivity index (χ4v) is 0.360. The maximum atomic E-state index is 4.94. The molecule has 0 rings (SSSR count). The second kappa shape index (κ2) is 5.15. The Morgan fingerprint density at radius 3 is 2.78 bits per heavy atom. The van der Waals surface area contributed by atoms with Crippen molar-refractivity contribution in [2.24, 2.45) is 5.16 Å². The van der Waals surface area contributed by atoms with Crippen LogP contribution in [0.25, 0.3) is 0 Å². The molecular weight excluding hydrogens is 118 g/mol. The van der Waals surface area contributed by atoms with E-state index in [1.807, 2.05) is 6.92 Å². The molecular formula is C6H11NO2. The predicted molar refractivity (Wildman–Crippen MR) is 36.3 cm³/mol. The molecule has 3 heteroatoms. The van der Waals surface area contributed by atoms with Gasteiger partial charge in [0.05, 0.1) is 6.61 Å². The van der Waals surface area contributed by atoms with Crippen LogP contribution in [0, 0.1) is 0 Å². The first-order valence-corrected chi connectivity index (χ1v) is 2.71. The Morgan fingerprint density at radius 2 is 2.44 bits per heavy atom. The van der Waals surface area contributed by atoms with Crippen molar-refractivity contribution in [3.8, 4) is 0 Å². The van der Waals surface area contributed by atoms with E-state index in [1.165, 1.54) is 13.2 Å². The summed E-state index contributed by atoms with van der Waals surface area (Å²) < 4.78 is 4.94. The molecule has 3 nitrogen and oxygen atoms in total. The second-order valence-electron chi connectivity index (χ2n) is 1.25. The summed E-state index contributed by atoms with van der Waals surface area (Å²) in [5.41, 5.74) is 0. The molecule has 0 aromatic heterocycles. The van der Waals surface area contributed by atoms with Crippen LogP contribution in [0.2, 0.25) is 0 Å². The monoisotopic (exact) mass is 129 g/mol. The molecule has 0 atom stereocenters. The molecule has 0 aliphatic rings. The lowest BCUT2D eigenvalue weighted by molar-refractivity contribution is 0.194. The molecule has 0 aliphatic heterocycles. The summed E-state index contributed by atoms with van der Waals surface area (Å²) in [7, 11) is 1.46. The quantitative estimate of drug-likeness (QED) is 0.325. The molecule has 0 aromatic rings. The van der Waals surface area contributed by atoms with Crippen molar-refractivity contribution >= 4 is 5.90 Å². The van der Waals surface area contributed by atoms with Crippen molar-refractivity contribution in [3.05, 3.63) is 12.7 Å². The highest BCUT2D eigenvalue weighted by Crippen LogP contribution is 1.83. The van der Waals surface area contributed by atoms with Gasteiger partial charge in [0.2, 0.25) is 5.90 Å². The van der Waals surface area contributed by atoms with Crippen LogP contribution in [-0.2, 0) is 9.57 Å². The first-order valence-electron chi connectivity index (χ1n) is 2.71. The number of oxime groups is 1. The normalized spacial score (nSPS) is 10.7. The number of nitrogens with zero attached hydrogens (tertiary/aromatic N) is 1. The number of ether oxygens (including phenoxy) is 1. The van der Waals surface area contributed by atoms with E-state index in [1.54, 1.807) is 0 Å². The highest BCUT2D eigenvalue weighted by atomic mass is 16.6. The standard InChI is InChI=1S/C6H11NO2/c1-4-6(7-8-3)9-5-2/h4H,1,5H2,2-3H3. The summed E-state index contributed by atoms with van der Waals surface area (Å²) in [6.45, 7) is 5.91. The van der Waals surface area contributed by atoms with Crippen molar-refractivity contribution in [3.63, 3.8) is 0 Å². The third kappa shape index (κ3) is 3.58. The molecule has 0 aliphatic carbocycles. The maximum Gasteiger partial charge on any atom is 0.249 e. The van der Waals surface area contributed by atoms with Gasteiger partial charge in [0.1, 0.15) is 7.11 Å². The summed E-state index contributed by atoms with van der Waals surface area (Å²) in [4.78, 5) is 4.44. The summed E-state index contributed by atoms with van der Waals surface area (Å²) in [5, 5.41) is 3.51. The van der Waals surface area contributed by atoms with Crippen LogP contribution in [0.5, 0.6) is 0 Å². The first kappa shape index (κ1) is 8.01. The van der Waals surface area contributed by atoms with Crippen LogP contribution in [0.15, 0.2) is 17.8 Å². The van der Waals surface area contributed by atoms with Crippen molar-refractivity contribution in [1.82, 2.24) is 0 Å². The topological polar surface area (TPSA) is 30.8 Å². The van der Waals surface area contributed by atoms with Crippen LogP contribution in [0.4, 0.5) is 0 Å². The van der Waals surface area contributed by atoms with Crippen molar-refractivity contribution in [2.45, 2.75) is 6.92 Å². The number of hydrogen-bond donors (Lipinski definition) is 0. The fourth-order valence-electron chi connectivity index (χ4n) is 0.360. The van der Waals surface area contributed by atoms with Gasteiger partial charge in [-0.3, -0.25) is 0 Å². The van der Waals surface area contributed by atoms with Crippen LogP contribution < -0.4 is 0 Å². The molecule has 0 aromatic carbocycles. The van der Waals surface area contributed by atoms with Crippen LogP contribution in [0.3, 0.4) is 0 Å². The minimum Gasteiger partial charge on any atom is -0.476 e. The van der Waals surface area contributed by atoms with Gasteiger partial charge in [-0.25, -0.2) is 0 Å². The third-order valence-electron chi connectivity index (χ3n) is 0.648. The van der Waals surface area contributed by atoms with Gasteiger partial charge in [0, 0.05) is 0 Å². The van der Waals surface area contributed by atoms with E-state index in [-0.39, 0.29) is 0 Å². The molecule has 0 unspecified atom stereocenters. The fraction of sp³-hybridized carbons (Fsp3) is 0.500. The van der Waals surface area contributed by atoms with Crippen LogP contribution >= 0.6 is 0 Å². The first-order chi connectivity index (χ1) is 4.35. The largest absolute Gasteiger partial charge is 0.476 e. The lowest BCUT2D eigenvalue weighted by atomic mass is 10.6. The average Bonchev–Trinajstić information content (AvgIpc) is 1.88. The van der Waals surface area contributed by atoms with Gasteiger partial charge in [0.25, 0.3) is 0 Å². The van der Waals surface area contributed by atoms with E-state index in [0.29, 0.717) is 12.5 Å². The zero-order chi connectivity index (χ0) is 7.11. The minimum atomic E-state index is 0.417. The van der Waals surface area contributed by atoms with E-state index < -0.39 is 0 Å². The summed E-state index contributed by atoms with van der Waals surface area (Å²) >= 11 is 0. The minimum absolute atomic E-state index is 0.417. The van der Waals surface area contributed by atoms with Crippen molar-refractivity contribution in [1.29, 1.82) is 0 Å². The molecule has 0 heterocycles. The highest BCUT2D eigenvalue weighted by molar-refractivity contribution is 5.86. The second-order valence-corrected chi connectivity index (χ2v) is 1.25. The average molecular weight is 129 g/mol. The van der Waals surface area contributed by atoms with Crippen LogP contribution in [0.1, 0.15) is 6.92 Å². The number of hydrogen-bond acceptors (Lipinski definition) is 3. The van der Waals surface area contributed by atoms with Gasteiger partial charge < -0.3 is 9.57 Å². The zero-order valence-electron chi connectivity index (χ0n) is 5.76. The van der Waals surface area contributed by atoms with Gasteiger partial charge in [0.15, 0.2) is 0 Å². The van der Waals surface area contributed by atoms with Gasteiger partial charge >= 0.3 is 0 Å². The van der Waals surface area contributed by atoms with Gasteiger partial charge in [-0.05, 0) is 18.2 Å². The van der Waals surface area contributed by atoms with Crippen molar-refractivity contribution < 1.29 is 9.57 Å². The Balaban J connectivity index is 3.66. The molecule has 0 N–H and O–H groups in total. The molecule has 0 bridgehead atoms. The predicted octanol–water partition coefficient (Wildman–Crippen LogP) is 1.17. The smallest absolute Gasteiger partial charge is 0.249 e. The Bertz CT molecular complexity index is 110. The Morgan fingerprint density at radius 1 is 1.78 bits per heavy atom. The molecule has 52 valence electrons. The van der Waals surface area contributed by atoms with E-state index in [9.17, 15) is 0 Å². The molecule has 0 spiro atoms. The number of rotatable bonds is 3. The zero-order valence-corrected chi connectivity index (χ0v) is 5.76. The summed E-state index contributed by atoms with van der Waals surface area (Å²) in [5.74, 6) is 0.417. The Labute approximate surface area is 55.0 Å². The molecule has 0 radical (unpaired) electrons. The Hall–Kier alpha value is -0.990. The van der Waals surface area contributed by atoms with E-state index in [4.69, 9.17) is 4.74 Å². The van der Waals surface area contributed by atoms with E-state index >= 15 is 0 Å². The van der Waals surface area contributed by atoms with Gasteiger partial charge in [-0.15, -0.1) is 0 Å². The molecule has 0 amide bonds. The highest BCUT2D eigenvalue weighted by Gasteiger charge is 1.88. The van der Waals surface area contributed by atoms with Gasteiger partial charge in [-0.2, -0.15) is 0 Å².